The van der Waals surface area contributed by atoms with Gasteiger partial charge in [-0.1, -0.05) is 6.07 Å². The van der Waals surface area contributed by atoms with Gasteiger partial charge in [0.15, 0.2) is 0 Å². The van der Waals surface area contributed by atoms with Gasteiger partial charge in [0.05, 0.1) is 12.3 Å². The van der Waals surface area contributed by atoms with Crippen molar-refractivity contribution in [2.24, 2.45) is 5.73 Å². The van der Waals surface area contributed by atoms with Gasteiger partial charge in [-0.3, -0.25) is 14.5 Å². The highest BCUT2D eigenvalue weighted by Crippen LogP contribution is 2.27. The van der Waals surface area contributed by atoms with Gasteiger partial charge in [0, 0.05) is 24.0 Å². The van der Waals surface area contributed by atoms with Crippen LogP contribution in [0.5, 0.6) is 0 Å². The number of nitrogens with zero attached hydrogens (tertiary/aromatic N) is 1. The lowest BCUT2D eigenvalue weighted by atomic mass is 10.1. The second kappa shape index (κ2) is 8.03. The molecule has 24 heavy (non-hydrogen) atoms. The third-order valence-corrected chi connectivity index (χ3v) is 5.77. The molecule has 0 saturated carbocycles. The van der Waals surface area contributed by atoms with Crippen LogP contribution in [0.4, 0.5) is 0 Å². The first-order chi connectivity index (χ1) is 11.6. The van der Waals surface area contributed by atoms with Crippen molar-refractivity contribution in [1.82, 2.24) is 10.2 Å². The van der Waals surface area contributed by atoms with Gasteiger partial charge in [0.2, 0.25) is 11.8 Å². The maximum absolute atomic E-state index is 12.2. The van der Waals surface area contributed by atoms with Gasteiger partial charge in [0.25, 0.3) is 0 Å². The predicted molar refractivity (Wildman–Crippen MR) is 96.0 cm³/mol. The normalized spacial score (nSPS) is 18.3. The number of hydrogen-bond donors (Lipinski definition) is 2. The van der Waals surface area contributed by atoms with E-state index in [1.807, 2.05) is 4.90 Å². The fourth-order valence-electron chi connectivity index (χ4n) is 3.51. The summed E-state index contributed by atoms with van der Waals surface area (Å²) in [6, 6.07) is 6.78. The molecule has 1 fully saturated rings. The molecule has 0 unspecified atom stereocenters. The van der Waals surface area contributed by atoms with Gasteiger partial charge in [-0.05, 0) is 55.4 Å². The average Bonchev–Trinajstić information content (AvgIpc) is 3.02. The van der Waals surface area contributed by atoms with E-state index in [1.54, 1.807) is 11.8 Å². The Hall–Kier alpha value is -1.53. The van der Waals surface area contributed by atoms with E-state index >= 15 is 0 Å². The smallest absolute Gasteiger partial charge is 0.231 e. The molecule has 3 N–H and O–H groups in total. The number of piperidine rings is 1. The van der Waals surface area contributed by atoms with Crippen LogP contribution in [0.1, 0.15) is 30.4 Å². The molecule has 1 aromatic carbocycles. The van der Waals surface area contributed by atoms with Crippen LogP contribution in [0.25, 0.3) is 0 Å². The van der Waals surface area contributed by atoms with Crippen LogP contribution in [-0.4, -0.2) is 48.1 Å². The van der Waals surface area contributed by atoms with Gasteiger partial charge in [-0.2, -0.15) is 0 Å². The topological polar surface area (TPSA) is 75.4 Å². The van der Waals surface area contributed by atoms with Crippen LogP contribution in [0.3, 0.4) is 0 Å². The van der Waals surface area contributed by atoms with E-state index in [1.165, 1.54) is 35.3 Å². The molecule has 0 atom stereocenters. The molecule has 0 spiro atoms. The molecule has 5 nitrogen and oxygen atoms in total. The molecule has 1 saturated heterocycles. The van der Waals surface area contributed by atoms with Gasteiger partial charge in [-0.25, -0.2) is 0 Å². The summed E-state index contributed by atoms with van der Waals surface area (Å²) in [5.41, 5.74) is 8.13. The van der Waals surface area contributed by atoms with Crippen LogP contribution >= 0.6 is 11.8 Å². The number of nitrogens with one attached hydrogen (secondary N) is 1. The highest BCUT2D eigenvalue weighted by atomic mass is 32.2. The number of benzene rings is 1. The molecule has 2 aliphatic rings. The summed E-state index contributed by atoms with van der Waals surface area (Å²) in [5.74, 6) is 0.261. The molecule has 130 valence electrons. The molecule has 2 amide bonds. The van der Waals surface area contributed by atoms with Crippen LogP contribution < -0.4 is 11.1 Å². The van der Waals surface area contributed by atoms with Gasteiger partial charge in [0.1, 0.15) is 0 Å². The van der Waals surface area contributed by atoms with Crippen molar-refractivity contribution < 1.29 is 9.59 Å². The zero-order valence-corrected chi connectivity index (χ0v) is 14.7. The summed E-state index contributed by atoms with van der Waals surface area (Å²) in [6.07, 6.45) is 5.36. The number of primary amides is 1. The number of rotatable bonds is 6. The zero-order valence-electron chi connectivity index (χ0n) is 13.9. The third-order valence-electron chi connectivity index (χ3n) is 4.77. The number of fused-ring (bicyclic) bond motifs is 1. The highest BCUT2D eigenvalue weighted by Gasteiger charge is 2.21. The Morgan fingerprint density at radius 1 is 1.21 bits per heavy atom. The second-order valence-electron chi connectivity index (χ2n) is 6.66. The van der Waals surface area contributed by atoms with Crippen LogP contribution in [-0.2, 0) is 22.4 Å². The molecule has 1 heterocycles. The monoisotopic (exact) mass is 347 g/mol. The number of aryl methyl sites for hydroxylation is 2. The Kier molecular flexibility index (Phi) is 5.79. The molecule has 6 heteroatoms. The molecule has 1 aliphatic carbocycles. The van der Waals surface area contributed by atoms with Gasteiger partial charge in [-0.15, -0.1) is 11.8 Å². The number of thioether (sulfide) groups is 1. The molecular weight excluding hydrogens is 322 g/mol. The van der Waals surface area contributed by atoms with E-state index in [0.29, 0.717) is 12.3 Å². The maximum atomic E-state index is 12.2. The van der Waals surface area contributed by atoms with Crippen LogP contribution in [0.2, 0.25) is 0 Å². The van der Waals surface area contributed by atoms with Gasteiger partial charge >= 0.3 is 0 Å². The predicted octanol–water partition coefficient (Wildman–Crippen LogP) is 1.33. The number of nitrogens with two attached hydrogens (primary N) is 1. The van der Waals surface area contributed by atoms with Gasteiger partial charge < -0.3 is 11.1 Å². The van der Waals surface area contributed by atoms with E-state index in [0.717, 1.165) is 25.9 Å². The van der Waals surface area contributed by atoms with E-state index in [9.17, 15) is 9.59 Å². The molecule has 1 aromatic rings. The summed E-state index contributed by atoms with van der Waals surface area (Å²) in [7, 11) is 0. The van der Waals surface area contributed by atoms with E-state index in [2.05, 4.69) is 23.5 Å². The lowest BCUT2D eigenvalue weighted by molar-refractivity contribution is -0.121. The van der Waals surface area contributed by atoms with Crippen molar-refractivity contribution in [3.8, 4) is 0 Å². The minimum absolute atomic E-state index is 0.0915. The Bertz CT molecular complexity index is 612. The van der Waals surface area contributed by atoms with E-state index < -0.39 is 0 Å². The zero-order chi connectivity index (χ0) is 16.9. The first-order valence-corrected chi connectivity index (χ1v) is 9.63. The highest BCUT2D eigenvalue weighted by molar-refractivity contribution is 8.00. The number of likely N-dealkylation sites (tertiary alicyclic amines) is 1. The second-order valence-corrected chi connectivity index (χ2v) is 7.71. The van der Waals surface area contributed by atoms with Crippen molar-refractivity contribution in [3.63, 3.8) is 0 Å². The van der Waals surface area contributed by atoms with E-state index in [4.69, 9.17) is 5.73 Å². The molecule has 0 bridgehead atoms. The summed E-state index contributed by atoms with van der Waals surface area (Å²) in [6.45, 7) is 1.94. The lowest BCUT2D eigenvalue weighted by Gasteiger charge is -2.31. The van der Waals surface area contributed by atoms with Crippen LogP contribution in [0, 0.1) is 0 Å². The summed E-state index contributed by atoms with van der Waals surface area (Å²) < 4.78 is 0. The summed E-state index contributed by atoms with van der Waals surface area (Å²) in [5, 5.41) is 3.11. The van der Waals surface area contributed by atoms with Crippen molar-refractivity contribution in [2.45, 2.75) is 43.0 Å². The van der Waals surface area contributed by atoms with E-state index in [-0.39, 0.29) is 17.9 Å². The number of hydrogen-bond acceptors (Lipinski definition) is 4. The Labute approximate surface area is 147 Å². The van der Waals surface area contributed by atoms with Crippen LogP contribution in [0.15, 0.2) is 23.1 Å². The number of carbonyl (C=O) groups is 2. The van der Waals surface area contributed by atoms with Crippen molar-refractivity contribution in [1.29, 1.82) is 0 Å². The van der Waals surface area contributed by atoms with Crippen molar-refractivity contribution in [2.75, 3.05) is 25.4 Å². The SMILES string of the molecule is NC(=O)CN1CCC(NC(=O)CSc2ccc3c(c2)CCC3)CC1. The molecule has 0 aromatic heterocycles. The summed E-state index contributed by atoms with van der Waals surface area (Å²) >= 11 is 1.61. The summed E-state index contributed by atoms with van der Waals surface area (Å²) in [4.78, 5) is 26.3. The minimum Gasteiger partial charge on any atom is -0.369 e. The fraction of sp³-hybridized carbons (Fsp3) is 0.556. The quantitative estimate of drug-likeness (QED) is 0.762. The Morgan fingerprint density at radius 2 is 1.96 bits per heavy atom. The molecule has 0 radical (unpaired) electrons. The molecule has 1 aliphatic heterocycles. The van der Waals surface area contributed by atoms with Crippen molar-refractivity contribution in [3.05, 3.63) is 29.3 Å². The minimum atomic E-state index is -0.289. The Balaban J connectivity index is 1.39. The third kappa shape index (κ3) is 4.74. The first-order valence-electron chi connectivity index (χ1n) is 8.65. The standard InChI is InChI=1S/C18H25N3O2S/c19-17(22)11-21-8-6-15(7-9-21)20-18(23)12-24-16-5-4-13-2-1-3-14(13)10-16/h4-5,10,15H,1-3,6-9,11-12H2,(H2,19,22)(H,20,23). The Morgan fingerprint density at radius 3 is 2.71 bits per heavy atom. The number of amides is 2. The van der Waals surface area contributed by atoms with Crippen molar-refractivity contribution >= 4 is 23.6 Å². The molecular formula is C18H25N3O2S. The maximum Gasteiger partial charge on any atom is 0.231 e. The molecule has 3 rings (SSSR count). The average molecular weight is 347 g/mol. The number of carbonyl (C=O) groups excluding carboxylic acids is 2. The first kappa shape index (κ1) is 17.3. The largest absolute Gasteiger partial charge is 0.369 e. The lowest BCUT2D eigenvalue weighted by Crippen LogP contribution is -2.47. The fourth-order valence-corrected chi connectivity index (χ4v) is 4.28.